The molecule has 3 N–H and O–H groups in total. The quantitative estimate of drug-likeness (QED) is 0.879. The van der Waals surface area contributed by atoms with Crippen LogP contribution in [0.15, 0.2) is 48.5 Å². The first-order valence-corrected chi connectivity index (χ1v) is 6.72. The second kappa shape index (κ2) is 6.16. The monoisotopic (exact) mass is 273 g/mol. The summed E-state index contributed by atoms with van der Waals surface area (Å²) in [4.78, 5) is 0. The van der Waals surface area contributed by atoms with E-state index in [1.165, 1.54) is 12.1 Å². The van der Waals surface area contributed by atoms with E-state index in [0.29, 0.717) is 13.0 Å². The van der Waals surface area contributed by atoms with Gasteiger partial charge >= 0.3 is 0 Å². The summed E-state index contributed by atoms with van der Waals surface area (Å²) in [7, 11) is 0. The molecule has 2 rings (SSSR count). The number of nitrogens with two attached hydrogens (primary N) is 1. The van der Waals surface area contributed by atoms with Crippen molar-refractivity contribution >= 4 is 0 Å². The molecule has 0 aromatic heterocycles. The van der Waals surface area contributed by atoms with Gasteiger partial charge in [-0.1, -0.05) is 42.0 Å². The van der Waals surface area contributed by atoms with Gasteiger partial charge in [0, 0.05) is 12.0 Å². The summed E-state index contributed by atoms with van der Waals surface area (Å²) < 4.78 is 13.3. The fourth-order valence-electron chi connectivity index (χ4n) is 2.52. The largest absolute Gasteiger partial charge is 0.395 e. The zero-order valence-corrected chi connectivity index (χ0v) is 11.6. The van der Waals surface area contributed by atoms with Gasteiger partial charge in [0.2, 0.25) is 0 Å². The molecule has 0 aliphatic heterocycles. The van der Waals surface area contributed by atoms with Gasteiger partial charge in [0.1, 0.15) is 5.82 Å². The van der Waals surface area contributed by atoms with Crippen LogP contribution < -0.4 is 5.73 Å². The predicted molar refractivity (Wildman–Crippen MR) is 79.1 cm³/mol. The molecule has 2 aromatic rings. The summed E-state index contributed by atoms with van der Waals surface area (Å²) in [6.07, 6.45) is 0.515. The number of aryl methyl sites for hydroxylation is 1. The Morgan fingerprint density at radius 1 is 1.15 bits per heavy atom. The molecule has 2 aromatic carbocycles. The molecule has 1 unspecified atom stereocenters. The molecule has 0 aliphatic rings. The van der Waals surface area contributed by atoms with E-state index >= 15 is 0 Å². The molecule has 0 fully saturated rings. The lowest BCUT2D eigenvalue weighted by Gasteiger charge is -2.31. The number of hydrogen-bond acceptors (Lipinski definition) is 2. The van der Waals surface area contributed by atoms with Crippen LogP contribution in [0.5, 0.6) is 0 Å². The van der Waals surface area contributed by atoms with Crippen LogP contribution in [0.25, 0.3) is 0 Å². The van der Waals surface area contributed by atoms with Gasteiger partial charge in [-0.05, 0) is 36.6 Å². The maximum Gasteiger partial charge on any atom is 0.123 e. The predicted octanol–water partition coefficient (Wildman–Crippen LogP) is 2.57. The molecule has 0 radical (unpaired) electrons. The van der Waals surface area contributed by atoms with E-state index in [-0.39, 0.29) is 12.4 Å². The lowest BCUT2D eigenvalue weighted by Crippen LogP contribution is -2.41. The Kier molecular flexibility index (Phi) is 4.53. The maximum absolute atomic E-state index is 13.3. The van der Waals surface area contributed by atoms with Gasteiger partial charge in [-0.3, -0.25) is 0 Å². The summed E-state index contributed by atoms with van der Waals surface area (Å²) >= 11 is 0. The minimum Gasteiger partial charge on any atom is -0.395 e. The van der Waals surface area contributed by atoms with E-state index in [4.69, 9.17) is 5.73 Å². The SMILES string of the molecule is Cc1cccc(C(CN)(CO)Cc2cccc(F)c2)c1. The van der Waals surface area contributed by atoms with Crippen LogP contribution in [-0.4, -0.2) is 18.3 Å². The first-order chi connectivity index (χ1) is 9.59. The highest BCUT2D eigenvalue weighted by Gasteiger charge is 2.30. The van der Waals surface area contributed by atoms with Crippen LogP contribution in [0.3, 0.4) is 0 Å². The van der Waals surface area contributed by atoms with Crippen LogP contribution in [0.4, 0.5) is 4.39 Å². The third-order valence-corrected chi connectivity index (χ3v) is 3.76. The van der Waals surface area contributed by atoms with Crippen molar-refractivity contribution in [3.63, 3.8) is 0 Å². The second-order valence-corrected chi connectivity index (χ2v) is 5.32. The maximum atomic E-state index is 13.3. The number of aliphatic hydroxyl groups is 1. The second-order valence-electron chi connectivity index (χ2n) is 5.32. The molecule has 0 saturated carbocycles. The van der Waals surface area contributed by atoms with Crippen molar-refractivity contribution in [2.45, 2.75) is 18.8 Å². The number of hydrogen-bond donors (Lipinski definition) is 2. The Morgan fingerprint density at radius 2 is 1.90 bits per heavy atom. The van der Waals surface area contributed by atoms with E-state index < -0.39 is 5.41 Å². The van der Waals surface area contributed by atoms with E-state index in [2.05, 4.69) is 0 Å². The van der Waals surface area contributed by atoms with Gasteiger partial charge in [0.25, 0.3) is 0 Å². The van der Waals surface area contributed by atoms with Crippen molar-refractivity contribution < 1.29 is 9.50 Å². The molecule has 1 atom stereocenters. The van der Waals surface area contributed by atoms with Gasteiger partial charge in [0.05, 0.1) is 6.61 Å². The van der Waals surface area contributed by atoms with Crippen LogP contribution in [0.2, 0.25) is 0 Å². The van der Waals surface area contributed by atoms with Crippen molar-refractivity contribution in [2.75, 3.05) is 13.2 Å². The zero-order valence-electron chi connectivity index (χ0n) is 11.6. The van der Waals surface area contributed by atoms with Crippen molar-refractivity contribution in [3.05, 3.63) is 71.0 Å². The highest BCUT2D eigenvalue weighted by atomic mass is 19.1. The van der Waals surface area contributed by atoms with Gasteiger partial charge in [-0.2, -0.15) is 0 Å². The van der Waals surface area contributed by atoms with E-state index in [9.17, 15) is 9.50 Å². The molecular weight excluding hydrogens is 253 g/mol. The molecule has 2 nitrogen and oxygen atoms in total. The minimum atomic E-state index is -0.570. The van der Waals surface area contributed by atoms with Crippen LogP contribution in [0.1, 0.15) is 16.7 Å². The number of halogens is 1. The molecule has 3 heteroatoms. The van der Waals surface area contributed by atoms with E-state index in [0.717, 1.165) is 16.7 Å². The Morgan fingerprint density at radius 3 is 2.50 bits per heavy atom. The molecule has 0 heterocycles. The Bertz CT molecular complexity index is 579. The molecule has 20 heavy (non-hydrogen) atoms. The van der Waals surface area contributed by atoms with Crippen LogP contribution >= 0.6 is 0 Å². The first-order valence-electron chi connectivity index (χ1n) is 6.72. The standard InChI is InChI=1S/C17H20FNO/c1-13-4-2-6-15(8-13)17(11-19,12-20)10-14-5-3-7-16(18)9-14/h2-9,20H,10-12,19H2,1H3. The molecular formula is C17H20FNO. The average Bonchev–Trinajstić information content (AvgIpc) is 2.45. The van der Waals surface area contributed by atoms with Gasteiger partial charge in [0.15, 0.2) is 0 Å². The minimum absolute atomic E-state index is 0.0660. The summed E-state index contributed by atoms with van der Waals surface area (Å²) in [6.45, 7) is 2.25. The Hall–Kier alpha value is -1.71. The van der Waals surface area contributed by atoms with Crippen LogP contribution in [0, 0.1) is 12.7 Å². The zero-order chi connectivity index (χ0) is 14.6. The van der Waals surface area contributed by atoms with Gasteiger partial charge in [-0.15, -0.1) is 0 Å². The fourth-order valence-corrected chi connectivity index (χ4v) is 2.52. The topological polar surface area (TPSA) is 46.2 Å². The molecule has 106 valence electrons. The van der Waals surface area contributed by atoms with Crippen molar-refractivity contribution in [3.8, 4) is 0 Å². The van der Waals surface area contributed by atoms with Crippen LogP contribution in [-0.2, 0) is 11.8 Å². The summed E-state index contributed by atoms with van der Waals surface area (Å²) in [5, 5.41) is 9.88. The number of benzene rings is 2. The summed E-state index contributed by atoms with van der Waals surface area (Å²) in [5.41, 5.74) is 8.31. The average molecular weight is 273 g/mol. The lowest BCUT2D eigenvalue weighted by atomic mass is 9.76. The van der Waals surface area contributed by atoms with Crippen molar-refractivity contribution in [2.24, 2.45) is 5.73 Å². The molecule has 0 amide bonds. The third-order valence-electron chi connectivity index (χ3n) is 3.76. The first kappa shape index (κ1) is 14.7. The lowest BCUT2D eigenvalue weighted by molar-refractivity contribution is 0.196. The van der Waals surface area contributed by atoms with Gasteiger partial charge in [-0.25, -0.2) is 4.39 Å². The third kappa shape index (κ3) is 3.06. The number of rotatable bonds is 5. The number of aliphatic hydroxyl groups excluding tert-OH is 1. The molecule has 0 spiro atoms. The van der Waals surface area contributed by atoms with Crippen molar-refractivity contribution in [1.29, 1.82) is 0 Å². The smallest absolute Gasteiger partial charge is 0.123 e. The molecule has 0 bridgehead atoms. The van der Waals surface area contributed by atoms with Crippen molar-refractivity contribution in [1.82, 2.24) is 0 Å². The Labute approximate surface area is 119 Å². The normalized spacial score (nSPS) is 14.0. The Balaban J connectivity index is 2.39. The van der Waals surface area contributed by atoms with Gasteiger partial charge < -0.3 is 10.8 Å². The van der Waals surface area contributed by atoms with E-state index in [1.54, 1.807) is 6.07 Å². The summed E-state index contributed by atoms with van der Waals surface area (Å²) in [5.74, 6) is -0.268. The fraction of sp³-hybridized carbons (Fsp3) is 0.294. The summed E-state index contributed by atoms with van der Waals surface area (Å²) in [6, 6.07) is 14.4. The highest BCUT2D eigenvalue weighted by molar-refractivity contribution is 5.33. The molecule has 0 saturated heterocycles. The highest BCUT2D eigenvalue weighted by Crippen LogP contribution is 2.28. The van der Waals surface area contributed by atoms with E-state index in [1.807, 2.05) is 37.3 Å². The molecule has 0 aliphatic carbocycles.